The molecule has 4 nitrogen and oxygen atoms in total. The van der Waals surface area contributed by atoms with Crippen LogP contribution in [0.1, 0.15) is 31.4 Å². The molecule has 0 spiro atoms. The Labute approximate surface area is 110 Å². The van der Waals surface area contributed by atoms with E-state index in [-0.39, 0.29) is 6.04 Å². The number of nitrogens with zero attached hydrogens (tertiary/aromatic N) is 2. The van der Waals surface area contributed by atoms with E-state index in [1.54, 1.807) is 0 Å². The van der Waals surface area contributed by atoms with E-state index in [1.807, 2.05) is 0 Å². The molecule has 2 unspecified atom stereocenters. The van der Waals surface area contributed by atoms with Gasteiger partial charge < -0.3 is 15.1 Å². The monoisotopic (exact) mass is 251 g/mol. The summed E-state index contributed by atoms with van der Waals surface area (Å²) in [5, 5.41) is 0. The van der Waals surface area contributed by atoms with Crippen LogP contribution in [0, 0.1) is 0 Å². The predicted molar refractivity (Wildman–Crippen MR) is 73.5 cm³/mol. The molecule has 0 amide bonds. The van der Waals surface area contributed by atoms with E-state index in [2.05, 4.69) is 42.8 Å². The Morgan fingerprint density at radius 2 is 2.22 bits per heavy atom. The van der Waals surface area contributed by atoms with E-state index in [4.69, 9.17) is 10.2 Å². The Bertz CT molecular complexity index is 377. The molecule has 0 saturated carbocycles. The topological polar surface area (TPSA) is 45.6 Å². The average Bonchev–Trinajstić information content (AvgIpc) is 2.83. The fourth-order valence-corrected chi connectivity index (χ4v) is 2.57. The van der Waals surface area contributed by atoms with Crippen molar-refractivity contribution >= 4 is 0 Å². The van der Waals surface area contributed by atoms with Crippen LogP contribution in [0.15, 0.2) is 16.5 Å². The minimum atomic E-state index is 0.224. The Balaban J connectivity index is 2.08. The molecule has 2 rings (SSSR count). The van der Waals surface area contributed by atoms with Gasteiger partial charge in [-0.25, -0.2) is 0 Å². The fourth-order valence-electron chi connectivity index (χ4n) is 2.57. The van der Waals surface area contributed by atoms with Gasteiger partial charge in [-0.1, -0.05) is 6.92 Å². The summed E-state index contributed by atoms with van der Waals surface area (Å²) in [5.41, 5.74) is 5.95. The van der Waals surface area contributed by atoms with Crippen molar-refractivity contribution in [2.75, 3.05) is 33.2 Å². The molecule has 1 aromatic heterocycles. The van der Waals surface area contributed by atoms with Gasteiger partial charge in [0.1, 0.15) is 11.5 Å². The van der Waals surface area contributed by atoms with E-state index in [0.29, 0.717) is 12.6 Å². The van der Waals surface area contributed by atoms with Crippen molar-refractivity contribution in [1.29, 1.82) is 0 Å². The molecule has 0 aliphatic carbocycles. The van der Waals surface area contributed by atoms with Crippen LogP contribution in [0.5, 0.6) is 0 Å². The fraction of sp³-hybridized carbons (Fsp3) is 0.714. The molecule has 2 atom stereocenters. The summed E-state index contributed by atoms with van der Waals surface area (Å²) in [6.45, 7) is 8.20. The Morgan fingerprint density at radius 3 is 2.78 bits per heavy atom. The van der Waals surface area contributed by atoms with Gasteiger partial charge in [-0.15, -0.1) is 0 Å². The summed E-state index contributed by atoms with van der Waals surface area (Å²) < 4.78 is 5.87. The summed E-state index contributed by atoms with van der Waals surface area (Å²) in [6, 6.07) is 4.95. The Kier molecular flexibility index (Phi) is 4.43. The molecular formula is C14H25N3O. The molecule has 0 radical (unpaired) electrons. The molecule has 1 saturated heterocycles. The second-order valence-corrected chi connectivity index (χ2v) is 5.23. The van der Waals surface area contributed by atoms with Gasteiger partial charge in [-0.3, -0.25) is 4.90 Å². The summed E-state index contributed by atoms with van der Waals surface area (Å²) in [7, 11) is 2.18. The molecule has 1 fully saturated rings. The second-order valence-electron chi connectivity index (χ2n) is 5.23. The van der Waals surface area contributed by atoms with E-state index in [1.165, 1.54) is 0 Å². The molecule has 2 heterocycles. The number of hydrogen-bond acceptors (Lipinski definition) is 4. The van der Waals surface area contributed by atoms with Crippen LogP contribution in [0.2, 0.25) is 0 Å². The minimum absolute atomic E-state index is 0.224. The quantitative estimate of drug-likeness (QED) is 0.880. The Morgan fingerprint density at radius 1 is 1.44 bits per heavy atom. The van der Waals surface area contributed by atoms with Crippen LogP contribution < -0.4 is 5.73 Å². The van der Waals surface area contributed by atoms with E-state index < -0.39 is 0 Å². The third kappa shape index (κ3) is 2.76. The molecule has 102 valence electrons. The predicted octanol–water partition coefficient (Wildman–Crippen LogP) is 1.48. The highest BCUT2D eigenvalue weighted by Crippen LogP contribution is 2.24. The van der Waals surface area contributed by atoms with E-state index in [0.717, 1.165) is 37.6 Å². The number of hydrogen-bond donors (Lipinski definition) is 1. The van der Waals surface area contributed by atoms with Gasteiger partial charge in [0.15, 0.2) is 0 Å². The first-order valence-electron chi connectivity index (χ1n) is 6.88. The van der Waals surface area contributed by atoms with Gasteiger partial charge in [-0.2, -0.15) is 0 Å². The molecular weight excluding hydrogens is 226 g/mol. The zero-order valence-electron chi connectivity index (χ0n) is 11.7. The van der Waals surface area contributed by atoms with Crippen LogP contribution in [0.3, 0.4) is 0 Å². The average molecular weight is 251 g/mol. The first-order chi connectivity index (χ1) is 8.65. The summed E-state index contributed by atoms with van der Waals surface area (Å²) in [5.74, 6) is 2.07. The normalized spacial score (nSPS) is 24.3. The van der Waals surface area contributed by atoms with Gasteiger partial charge >= 0.3 is 0 Å². The summed E-state index contributed by atoms with van der Waals surface area (Å²) in [4.78, 5) is 4.84. The van der Waals surface area contributed by atoms with Crippen LogP contribution in [0.25, 0.3) is 0 Å². The van der Waals surface area contributed by atoms with Crippen LogP contribution in [-0.2, 0) is 6.42 Å². The lowest BCUT2D eigenvalue weighted by atomic mass is 10.1. The van der Waals surface area contributed by atoms with Crippen molar-refractivity contribution in [2.45, 2.75) is 32.4 Å². The first-order valence-corrected chi connectivity index (χ1v) is 6.88. The molecule has 0 aromatic carbocycles. The molecule has 4 heteroatoms. The van der Waals surface area contributed by atoms with Gasteiger partial charge in [0.05, 0.1) is 6.04 Å². The first kappa shape index (κ1) is 13.6. The van der Waals surface area contributed by atoms with Crippen molar-refractivity contribution in [3.05, 3.63) is 23.7 Å². The van der Waals surface area contributed by atoms with Crippen molar-refractivity contribution in [3.63, 3.8) is 0 Å². The maximum absolute atomic E-state index is 5.95. The maximum atomic E-state index is 5.95. The maximum Gasteiger partial charge on any atom is 0.122 e. The summed E-state index contributed by atoms with van der Waals surface area (Å²) in [6.07, 6.45) is 0.941. The van der Waals surface area contributed by atoms with Crippen molar-refractivity contribution in [1.82, 2.24) is 9.80 Å². The Hall–Kier alpha value is -0.840. The number of rotatable bonds is 4. The molecule has 18 heavy (non-hydrogen) atoms. The van der Waals surface area contributed by atoms with Crippen molar-refractivity contribution in [2.24, 2.45) is 5.73 Å². The van der Waals surface area contributed by atoms with Gasteiger partial charge in [0, 0.05) is 38.6 Å². The molecule has 1 aromatic rings. The van der Waals surface area contributed by atoms with Crippen LogP contribution in [0.4, 0.5) is 0 Å². The third-order valence-corrected chi connectivity index (χ3v) is 4.01. The van der Waals surface area contributed by atoms with Crippen molar-refractivity contribution < 1.29 is 4.42 Å². The highest BCUT2D eigenvalue weighted by Gasteiger charge is 2.28. The summed E-state index contributed by atoms with van der Waals surface area (Å²) >= 11 is 0. The third-order valence-electron chi connectivity index (χ3n) is 4.01. The number of likely N-dealkylation sites (N-methyl/N-ethyl adjacent to an activating group) is 1. The zero-order chi connectivity index (χ0) is 13.1. The molecule has 0 bridgehead atoms. The van der Waals surface area contributed by atoms with E-state index >= 15 is 0 Å². The molecule has 2 N–H and O–H groups in total. The lowest BCUT2D eigenvalue weighted by molar-refractivity contribution is 0.0661. The SMILES string of the molecule is CCc1ccc(C(CN)N2CCN(C)C(C)C2)o1. The van der Waals surface area contributed by atoms with Crippen molar-refractivity contribution in [3.8, 4) is 0 Å². The van der Waals surface area contributed by atoms with Gasteiger partial charge in [0.25, 0.3) is 0 Å². The standard InChI is InChI=1S/C14H25N3O/c1-4-12-5-6-14(18-12)13(9-15)17-8-7-16(3)11(2)10-17/h5-6,11,13H,4,7-10,15H2,1-3H3. The van der Waals surface area contributed by atoms with Crippen LogP contribution in [-0.4, -0.2) is 49.1 Å². The largest absolute Gasteiger partial charge is 0.464 e. The minimum Gasteiger partial charge on any atom is -0.464 e. The zero-order valence-corrected chi connectivity index (χ0v) is 11.7. The lowest BCUT2D eigenvalue weighted by Gasteiger charge is -2.40. The van der Waals surface area contributed by atoms with Gasteiger partial charge in [0.2, 0.25) is 0 Å². The lowest BCUT2D eigenvalue weighted by Crippen LogP contribution is -2.52. The number of piperazine rings is 1. The number of furan rings is 1. The van der Waals surface area contributed by atoms with Crippen LogP contribution >= 0.6 is 0 Å². The number of nitrogens with two attached hydrogens (primary N) is 1. The van der Waals surface area contributed by atoms with Gasteiger partial charge in [-0.05, 0) is 26.1 Å². The highest BCUT2D eigenvalue weighted by molar-refractivity contribution is 5.12. The highest BCUT2D eigenvalue weighted by atomic mass is 16.3. The molecule has 1 aliphatic rings. The second kappa shape index (κ2) is 5.87. The van der Waals surface area contributed by atoms with E-state index in [9.17, 15) is 0 Å². The number of aryl methyl sites for hydroxylation is 1. The molecule has 1 aliphatic heterocycles. The smallest absolute Gasteiger partial charge is 0.122 e.